The molecule has 1 fully saturated rings. The Kier molecular flexibility index (Phi) is 6.05. The molecule has 0 spiro atoms. The van der Waals surface area contributed by atoms with Gasteiger partial charge in [-0.25, -0.2) is 0 Å². The minimum atomic E-state index is 0.0164. The summed E-state index contributed by atoms with van der Waals surface area (Å²) in [7, 11) is 1.62. The fourth-order valence-corrected chi connectivity index (χ4v) is 2.29. The second-order valence-electron chi connectivity index (χ2n) is 5.28. The van der Waals surface area contributed by atoms with Gasteiger partial charge in [0.25, 0.3) is 0 Å². The second kappa shape index (κ2) is 7.07. The van der Waals surface area contributed by atoms with Gasteiger partial charge >= 0.3 is 0 Å². The SMILES string of the molecule is CCOC1CC(NCC(=O)NCCOC)C1(C)C. The smallest absolute Gasteiger partial charge is 0.234 e. The van der Waals surface area contributed by atoms with Crippen LogP contribution in [0.2, 0.25) is 0 Å². The van der Waals surface area contributed by atoms with Gasteiger partial charge in [-0.1, -0.05) is 13.8 Å². The molecule has 1 amide bonds. The molecule has 2 N–H and O–H groups in total. The molecule has 0 aromatic rings. The lowest BCUT2D eigenvalue weighted by molar-refractivity contribution is -0.126. The van der Waals surface area contributed by atoms with Crippen LogP contribution in [0.3, 0.4) is 0 Å². The van der Waals surface area contributed by atoms with Gasteiger partial charge in [-0.2, -0.15) is 0 Å². The van der Waals surface area contributed by atoms with Gasteiger partial charge in [0, 0.05) is 31.7 Å². The third kappa shape index (κ3) is 3.93. The largest absolute Gasteiger partial charge is 0.383 e. The van der Waals surface area contributed by atoms with E-state index in [2.05, 4.69) is 24.5 Å². The van der Waals surface area contributed by atoms with Crippen molar-refractivity contribution in [3.8, 4) is 0 Å². The Morgan fingerprint density at radius 2 is 2.17 bits per heavy atom. The van der Waals surface area contributed by atoms with Crippen LogP contribution in [-0.4, -0.2) is 51.5 Å². The number of methoxy groups -OCH3 is 1. The number of nitrogens with one attached hydrogen (secondary N) is 2. The zero-order chi connectivity index (χ0) is 13.6. The Labute approximate surface area is 110 Å². The molecule has 1 aliphatic rings. The Morgan fingerprint density at radius 3 is 2.72 bits per heavy atom. The highest BCUT2D eigenvalue weighted by molar-refractivity contribution is 5.78. The zero-order valence-corrected chi connectivity index (χ0v) is 11.9. The van der Waals surface area contributed by atoms with E-state index >= 15 is 0 Å². The van der Waals surface area contributed by atoms with Crippen molar-refractivity contribution in [3.05, 3.63) is 0 Å². The monoisotopic (exact) mass is 258 g/mol. The van der Waals surface area contributed by atoms with E-state index in [1.165, 1.54) is 0 Å². The summed E-state index contributed by atoms with van der Waals surface area (Å²) in [6.45, 7) is 8.59. The van der Waals surface area contributed by atoms with E-state index < -0.39 is 0 Å². The van der Waals surface area contributed by atoms with Gasteiger partial charge in [0.1, 0.15) is 0 Å². The number of rotatable bonds is 8. The van der Waals surface area contributed by atoms with Gasteiger partial charge in [-0.05, 0) is 13.3 Å². The molecular weight excluding hydrogens is 232 g/mol. The Bertz CT molecular complexity index is 269. The predicted octanol–water partition coefficient (Wildman–Crippen LogP) is 0.542. The fourth-order valence-electron chi connectivity index (χ4n) is 2.29. The van der Waals surface area contributed by atoms with Crippen molar-refractivity contribution in [1.29, 1.82) is 0 Å². The molecule has 106 valence electrons. The third-order valence-electron chi connectivity index (χ3n) is 3.68. The molecule has 0 aliphatic heterocycles. The topological polar surface area (TPSA) is 59.6 Å². The normalized spacial score (nSPS) is 25.6. The van der Waals surface area contributed by atoms with Crippen molar-refractivity contribution >= 4 is 5.91 Å². The summed E-state index contributed by atoms with van der Waals surface area (Å²) in [6, 6.07) is 0.349. The van der Waals surface area contributed by atoms with Crippen LogP contribution in [0.25, 0.3) is 0 Å². The number of amides is 1. The van der Waals surface area contributed by atoms with E-state index in [1.807, 2.05) is 6.92 Å². The molecule has 1 aliphatic carbocycles. The first-order chi connectivity index (χ1) is 8.52. The molecular formula is C13H26N2O3. The summed E-state index contributed by atoms with van der Waals surface area (Å²) in [5.41, 5.74) is 0.100. The summed E-state index contributed by atoms with van der Waals surface area (Å²) >= 11 is 0. The van der Waals surface area contributed by atoms with Gasteiger partial charge in [-0.3, -0.25) is 4.79 Å². The predicted molar refractivity (Wildman–Crippen MR) is 70.5 cm³/mol. The molecule has 1 saturated carbocycles. The van der Waals surface area contributed by atoms with Crippen molar-refractivity contribution in [2.45, 2.75) is 39.3 Å². The maximum absolute atomic E-state index is 11.5. The maximum Gasteiger partial charge on any atom is 0.234 e. The first kappa shape index (κ1) is 15.4. The Hall–Kier alpha value is -0.650. The lowest BCUT2D eigenvalue weighted by Crippen LogP contribution is -2.62. The van der Waals surface area contributed by atoms with Crippen LogP contribution >= 0.6 is 0 Å². The second-order valence-corrected chi connectivity index (χ2v) is 5.28. The van der Waals surface area contributed by atoms with E-state index in [1.54, 1.807) is 7.11 Å². The zero-order valence-electron chi connectivity index (χ0n) is 11.9. The van der Waals surface area contributed by atoms with Crippen LogP contribution in [0.4, 0.5) is 0 Å². The molecule has 0 aromatic carbocycles. The van der Waals surface area contributed by atoms with Crippen molar-refractivity contribution in [3.63, 3.8) is 0 Å². The average Bonchev–Trinajstić information content (AvgIpc) is 2.33. The van der Waals surface area contributed by atoms with E-state index in [9.17, 15) is 4.79 Å². The highest BCUT2D eigenvalue weighted by atomic mass is 16.5. The molecule has 2 atom stereocenters. The van der Waals surface area contributed by atoms with Crippen molar-refractivity contribution in [1.82, 2.24) is 10.6 Å². The first-order valence-corrected chi connectivity index (χ1v) is 6.63. The fraction of sp³-hybridized carbons (Fsp3) is 0.923. The molecule has 0 radical (unpaired) electrons. The van der Waals surface area contributed by atoms with Crippen molar-refractivity contribution in [2.75, 3.05) is 33.4 Å². The van der Waals surface area contributed by atoms with Gasteiger partial charge in [0.15, 0.2) is 0 Å². The molecule has 0 aromatic heterocycles. The lowest BCUT2D eigenvalue weighted by Gasteiger charge is -2.51. The molecule has 18 heavy (non-hydrogen) atoms. The summed E-state index contributed by atoms with van der Waals surface area (Å²) in [4.78, 5) is 11.5. The summed E-state index contributed by atoms with van der Waals surface area (Å²) in [5.74, 6) is 0.0164. The summed E-state index contributed by atoms with van der Waals surface area (Å²) in [5, 5.41) is 6.08. The van der Waals surface area contributed by atoms with Crippen LogP contribution < -0.4 is 10.6 Å². The van der Waals surface area contributed by atoms with Gasteiger partial charge in [0.05, 0.1) is 19.3 Å². The standard InChI is InChI=1S/C13H26N2O3/c1-5-18-11-8-10(13(11,2)3)15-9-12(16)14-6-7-17-4/h10-11,15H,5-9H2,1-4H3,(H,14,16). The summed E-state index contributed by atoms with van der Waals surface area (Å²) < 4.78 is 10.5. The van der Waals surface area contributed by atoms with Crippen LogP contribution in [0.5, 0.6) is 0 Å². The maximum atomic E-state index is 11.5. The molecule has 1 rings (SSSR count). The minimum Gasteiger partial charge on any atom is -0.383 e. The van der Waals surface area contributed by atoms with Gasteiger partial charge in [-0.15, -0.1) is 0 Å². The van der Waals surface area contributed by atoms with Gasteiger partial charge in [0.2, 0.25) is 5.91 Å². The van der Waals surface area contributed by atoms with Crippen LogP contribution in [0.1, 0.15) is 27.2 Å². The Balaban J connectivity index is 2.19. The first-order valence-electron chi connectivity index (χ1n) is 6.63. The minimum absolute atomic E-state index is 0.0164. The quantitative estimate of drug-likeness (QED) is 0.624. The van der Waals surface area contributed by atoms with E-state index in [0.717, 1.165) is 13.0 Å². The molecule has 2 unspecified atom stereocenters. The number of hydrogen-bond donors (Lipinski definition) is 2. The molecule has 0 bridgehead atoms. The number of carbonyl (C=O) groups is 1. The molecule has 0 heterocycles. The van der Waals surface area contributed by atoms with E-state index in [-0.39, 0.29) is 11.3 Å². The van der Waals surface area contributed by atoms with E-state index in [0.29, 0.717) is 31.8 Å². The van der Waals surface area contributed by atoms with Crippen LogP contribution in [0.15, 0.2) is 0 Å². The molecule has 5 nitrogen and oxygen atoms in total. The highest BCUT2D eigenvalue weighted by Crippen LogP contribution is 2.42. The number of hydrogen-bond acceptors (Lipinski definition) is 4. The molecule has 0 saturated heterocycles. The van der Waals surface area contributed by atoms with E-state index in [4.69, 9.17) is 9.47 Å². The number of ether oxygens (including phenoxy) is 2. The van der Waals surface area contributed by atoms with Gasteiger partial charge < -0.3 is 20.1 Å². The van der Waals surface area contributed by atoms with Crippen LogP contribution in [0, 0.1) is 5.41 Å². The van der Waals surface area contributed by atoms with Crippen molar-refractivity contribution < 1.29 is 14.3 Å². The summed E-state index contributed by atoms with van der Waals surface area (Å²) in [6.07, 6.45) is 1.28. The average molecular weight is 258 g/mol. The number of carbonyl (C=O) groups excluding carboxylic acids is 1. The Morgan fingerprint density at radius 1 is 1.44 bits per heavy atom. The third-order valence-corrected chi connectivity index (χ3v) is 3.68. The highest BCUT2D eigenvalue weighted by Gasteiger charge is 2.48. The van der Waals surface area contributed by atoms with Crippen molar-refractivity contribution in [2.24, 2.45) is 5.41 Å². The lowest BCUT2D eigenvalue weighted by atomic mass is 9.64. The van der Waals surface area contributed by atoms with Crippen LogP contribution in [-0.2, 0) is 14.3 Å². The molecule has 5 heteroatoms.